The summed E-state index contributed by atoms with van der Waals surface area (Å²) in [6.07, 6.45) is 4.93. The fourth-order valence-corrected chi connectivity index (χ4v) is 3.15. The third-order valence-electron chi connectivity index (χ3n) is 4.39. The van der Waals surface area contributed by atoms with Gasteiger partial charge in [0.2, 0.25) is 5.82 Å². The number of benzene rings is 1. The van der Waals surface area contributed by atoms with Gasteiger partial charge >= 0.3 is 0 Å². The second-order valence-electron chi connectivity index (χ2n) is 6.61. The summed E-state index contributed by atoms with van der Waals surface area (Å²) in [5.74, 6) is 2.70. The van der Waals surface area contributed by atoms with Crippen molar-refractivity contribution in [2.45, 2.75) is 40.0 Å². The quantitative estimate of drug-likeness (QED) is 0.610. The van der Waals surface area contributed by atoms with E-state index < -0.39 is 0 Å². The van der Waals surface area contributed by atoms with Gasteiger partial charge in [-0.25, -0.2) is 4.98 Å². The summed E-state index contributed by atoms with van der Waals surface area (Å²) in [6, 6.07) is 4.09. The number of hydrogen-bond acceptors (Lipinski definition) is 5. The van der Waals surface area contributed by atoms with Gasteiger partial charge in [0.05, 0.1) is 19.3 Å². The van der Waals surface area contributed by atoms with Gasteiger partial charge < -0.3 is 9.30 Å². The molecule has 7 nitrogen and oxygen atoms in total. The molecule has 0 amide bonds. The Bertz CT molecular complexity index is 872. The molecule has 1 aromatic carbocycles. The van der Waals surface area contributed by atoms with Crippen LogP contribution in [0.5, 0.6) is 5.75 Å². The van der Waals surface area contributed by atoms with Crippen LogP contribution in [0.25, 0.3) is 11.4 Å². The SMILES string of the molecule is CCc1nc(CCCOc2c(C)cc(-c3nnn(C)n3)cc2C)cn1C. The van der Waals surface area contributed by atoms with Crippen LogP contribution in [0.4, 0.5) is 0 Å². The van der Waals surface area contributed by atoms with Gasteiger partial charge in [0.25, 0.3) is 0 Å². The minimum Gasteiger partial charge on any atom is -0.493 e. The van der Waals surface area contributed by atoms with E-state index in [9.17, 15) is 0 Å². The lowest BCUT2D eigenvalue weighted by atomic mass is 10.1. The maximum absolute atomic E-state index is 6.05. The maximum atomic E-state index is 6.05. The minimum absolute atomic E-state index is 0.632. The van der Waals surface area contributed by atoms with E-state index in [0.29, 0.717) is 12.4 Å². The first-order valence-electron chi connectivity index (χ1n) is 8.97. The standard InChI is InChI=1S/C19H26N6O/c1-6-17-20-16(12-24(17)4)8-7-9-26-18-13(2)10-15(11-14(18)3)19-21-23-25(5)22-19/h10-12H,6-9H2,1-5H3. The number of tetrazole rings is 1. The molecule has 3 rings (SSSR count). The highest BCUT2D eigenvalue weighted by molar-refractivity contribution is 5.60. The first kappa shape index (κ1) is 18.1. The van der Waals surface area contributed by atoms with Crippen LogP contribution in [-0.2, 0) is 26.9 Å². The molecule has 26 heavy (non-hydrogen) atoms. The molecule has 0 aliphatic heterocycles. The summed E-state index contributed by atoms with van der Waals surface area (Å²) in [5.41, 5.74) is 4.25. The number of aryl methyl sites for hydroxylation is 6. The monoisotopic (exact) mass is 354 g/mol. The molecule has 0 N–H and O–H groups in total. The van der Waals surface area contributed by atoms with E-state index in [-0.39, 0.29) is 0 Å². The van der Waals surface area contributed by atoms with Gasteiger partial charge in [-0.05, 0) is 55.2 Å². The van der Waals surface area contributed by atoms with E-state index in [2.05, 4.69) is 51.9 Å². The van der Waals surface area contributed by atoms with Gasteiger partial charge in [0.15, 0.2) is 0 Å². The Morgan fingerprint density at radius 3 is 2.42 bits per heavy atom. The molecule has 0 unspecified atom stereocenters. The lowest BCUT2D eigenvalue weighted by Crippen LogP contribution is -2.03. The molecule has 3 aromatic rings. The summed E-state index contributed by atoms with van der Waals surface area (Å²) >= 11 is 0. The Morgan fingerprint density at radius 1 is 1.12 bits per heavy atom. The van der Waals surface area contributed by atoms with Gasteiger partial charge in [0, 0.05) is 25.2 Å². The molecule has 2 aromatic heterocycles. The molecule has 0 fully saturated rings. The summed E-state index contributed by atoms with van der Waals surface area (Å²) in [5, 5.41) is 12.2. The van der Waals surface area contributed by atoms with Crippen molar-refractivity contribution in [1.82, 2.24) is 29.8 Å². The van der Waals surface area contributed by atoms with E-state index >= 15 is 0 Å². The Morgan fingerprint density at radius 2 is 1.85 bits per heavy atom. The van der Waals surface area contributed by atoms with Crippen molar-refractivity contribution in [1.29, 1.82) is 0 Å². The van der Waals surface area contributed by atoms with Crippen molar-refractivity contribution in [3.05, 3.63) is 41.0 Å². The normalized spacial score (nSPS) is 11.1. The van der Waals surface area contributed by atoms with Gasteiger partial charge in [-0.3, -0.25) is 0 Å². The maximum Gasteiger partial charge on any atom is 0.204 e. The molecular formula is C19H26N6O. The molecule has 138 valence electrons. The number of rotatable bonds is 7. The summed E-state index contributed by atoms with van der Waals surface area (Å²) < 4.78 is 8.15. The fraction of sp³-hybridized carbons (Fsp3) is 0.474. The lowest BCUT2D eigenvalue weighted by Gasteiger charge is -2.13. The fourth-order valence-electron chi connectivity index (χ4n) is 3.15. The third-order valence-corrected chi connectivity index (χ3v) is 4.39. The Balaban J connectivity index is 1.61. The molecule has 0 aliphatic carbocycles. The zero-order valence-electron chi connectivity index (χ0n) is 16.2. The topological polar surface area (TPSA) is 70.7 Å². The van der Waals surface area contributed by atoms with E-state index in [1.807, 2.05) is 19.2 Å². The zero-order valence-corrected chi connectivity index (χ0v) is 16.2. The molecule has 0 spiro atoms. The van der Waals surface area contributed by atoms with Crippen LogP contribution in [0.15, 0.2) is 18.3 Å². The Labute approximate surface area is 154 Å². The van der Waals surface area contributed by atoms with Gasteiger partial charge in [-0.15, -0.1) is 10.2 Å². The molecule has 7 heteroatoms. The molecular weight excluding hydrogens is 328 g/mol. The first-order chi connectivity index (χ1) is 12.5. The van der Waals surface area contributed by atoms with Crippen molar-refractivity contribution in [3.63, 3.8) is 0 Å². The summed E-state index contributed by atoms with van der Waals surface area (Å²) in [4.78, 5) is 6.10. The molecule has 0 saturated heterocycles. The van der Waals surface area contributed by atoms with Crippen LogP contribution in [0.1, 0.15) is 36.0 Å². The predicted octanol–water partition coefficient (Wildman–Crippen LogP) is 2.80. The molecule has 2 heterocycles. The smallest absolute Gasteiger partial charge is 0.204 e. The van der Waals surface area contributed by atoms with Crippen LogP contribution >= 0.6 is 0 Å². The Hall–Kier alpha value is -2.70. The lowest BCUT2D eigenvalue weighted by molar-refractivity contribution is 0.306. The van der Waals surface area contributed by atoms with Crippen molar-refractivity contribution < 1.29 is 4.74 Å². The molecule has 0 saturated carbocycles. The number of aromatic nitrogens is 6. The van der Waals surface area contributed by atoms with E-state index in [0.717, 1.165) is 53.2 Å². The van der Waals surface area contributed by atoms with Crippen LogP contribution in [0, 0.1) is 13.8 Å². The molecule has 0 radical (unpaired) electrons. The second-order valence-corrected chi connectivity index (χ2v) is 6.61. The zero-order chi connectivity index (χ0) is 18.7. The minimum atomic E-state index is 0.632. The number of hydrogen-bond donors (Lipinski definition) is 0. The largest absolute Gasteiger partial charge is 0.493 e. The number of nitrogens with zero attached hydrogens (tertiary/aromatic N) is 6. The average molecular weight is 354 g/mol. The van der Waals surface area contributed by atoms with Crippen LogP contribution in [-0.4, -0.2) is 36.4 Å². The second kappa shape index (κ2) is 7.68. The van der Waals surface area contributed by atoms with E-state index in [1.54, 1.807) is 7.05 Å². The van der Waals surface area contributed by atoms with Crippen molar-refractivity contribution in [2.75, 3.05) is 6.61 Å². The summed E-state index contributed by atoms with van der Waals surface area (Å²) in [7, 11) is 3.81. The highest BCUT2D eigenvalue weighted by Crippen LogP contribution is 2.28. The highest BCUT2D eigenvalue weighted by Gasteiger charge is 2.11. The van der Waals surface area contributed by atoms with Crippen molar-refractivity contribution in [3.8, 4) is 17.1 Å². The van der Waals surface area contributed by atoms with Gasteiger partial charge in [-0.2, -0.15) is 4.80 Å². The first-order valence-corrected chi connectivity index (χ1v) is 8.97. The number of ether oxygens (including phenoxy) is 1. The van der Waals surface area contributed by atoms with Gasteiger partial charge in [-0.1, -0.05) is 6.92 Å². The van der Waals surface area contributed by atoms with Crippen LogP contribution < -0.4 is 4.74 Å². The predicted molar refractivity (Wildman–Crippen MR) is 100 cm³/mol. The molecule has 0 atom stereocenters. The van der Waals surface area contributed by atoms with Gasteiger partial charge in [0.1, 0.15) is 11.6 Å². The average Bonchev–Trinajstić information content (AvgIpc) is 3.18. The van der Waals surface area contributed by atoms with E-state index in [1.165, 1.54) is 4.80 Å². The highest BCUT2D eigenvalue weighted by atomic mass is 16.5. The van der Waals surface area contributed by atoms with Crippen molar-refractivity contribution >= 4 is 0 Å². The third kappa shape index (κ3) is 3.92. The van der Waals surface area contributed by atoms with E-state index in [4.69, 9.17) is 4.74 Å². The molecule has 0 aliphatic rings. The summed E-state index contributed by atoms with van der Waals surface area (Å²) in [6.45, 7) is 6.90. The number of imidazole rings is 1. The Kier molecular flexibility index (Phi) is 5.35. The molecule has 0 bridgehead atoms. The van der Waals surface area contributed by atoms with Crippen LogP contribution in [0.3, 0.4) is 0 Å². The van der Waals surface area contributed by atoms with Crippen LogP contribution in [0.2, 0.25) is 0 Å². The van der Waals surface area contributed by atoms with Crippen molar-refractivity contribution in [2.24, 2.45) is 14.1 Å².